The minimum Gasteiger partial charge on any atom is -1.00 e. The molecular formula is C18H41Na5O18. The second-order valence-corrected chi connectivity index (χ2v) is 4.67. The molecule has 9 N–H and O–H groups in total. The first kappa shape index (κ1) is 90.0. The minimum atomic E-state index is -0.833. The predicted octanol–water partition coefficient (Wildman–Crippen LogP) is -13.6. The van der Waals surface area contributed by atoms with Crippen LogP contribution in [0, 0.1) is 0 Å². The molecule has 0 aliphatic rings. The van der Waals surface area contributed by atoms with Crippen LogP contribution in [0.1, 0.15) is 69.4 Å². The second-order valence-electron chi connectivity index (χ2n) is 4.67. The summed E-state index contributed by atoms with van der Waals surface area (Å²) < 4.78 is 0. The fraction of sp³-hybridized carbons (Fsp3) is 0.500. The van der Waals surface area contributed by atoms with Gasteiger partial charge in [0.15, 0.2) is 0 Å². The number of hydrogen-bond donors (Lipinski definition) is 9. The molecule has 41 heavy (non-hydrogen) atoms. The van der Waals surface area contributed by atoms with Gasteiger partial charge in [-0.05, 0) is 0 Å². The summed E-state index contributed by atoms with van der Waals surface area (Å²) in [6.07, 6.45) is 0. The van der Waals surface area contributed by atoms with Crippen LogP contribution in [-0.2, 0) is 43.2 Å². The molecule has 226 valence electrons. The molecule has 0 unspecified atom stereocenters. The maximum absolute atomic E-state index is 9.00. The first-order valence-electron chi connectivity index (χ1n) is 8.35. The first-order valence-corrected chi connectivity index (χ1v) is 8.35. The summed E-state index contributed by atoms with van der Waals surface area (Å²) in [4.78, 5) is 81.0. The Morgan fingerprint density at radius 1 is 0.244 bits per heavy atom. The zero-order valence-corrected chi connectivity index (χ0v) is 36.2. The van der Waals surface area contributed by atoms with E-state index in [4.69, 9.17) is 89.1 Å². The van der Waals surface area contributed by atoms with Crippen molar-refractivity contribution in [2.75, 3.05) is 0 Å². The first-order chi connectivity index (χ1) is 15.6. The molecular weight excluding hydrogens is 619 g/mol. The van der Waals surface area contributed by atoms with Crippen LogP contribution in [0.5, 0.6) is 0 Å². The summed E-state index contributed by atoms with van der Waals surface area (Å²) in [6.45, 7) is 9.75. The summed E-state index contributed by atoms with van der Waals surface area (Å²) in [6, 6.07) is 0. The van der Waals surface area contributed by atoms with Gasteiger partial charge in [0, 0.05) is 62.3 Å². The van der Waals surface area contributed by atoms with E-state index >= 15 is 0 Å². The standard InChI is InChI=1S/9C2H4O2.5Na.5H/c9*1-2(3)4;;;;;;;;;;/h9*1H3,(H,3,4);;;;;;;;;;/q;;;;;;;;;5*+1;5*-1. The van der Waals surface area contributed by atoms with Gasteiger partial charge >= 0.3 is 148 Å². The van der Waals surface area contributed by atoms with Gasteiger partial charge in [-0.25, -0.2) is 0 Å². The van der Waals surface area contributed by atoms with Crippen molar-refractivity contribution in [1.82, 2.24) is 0 Å². The van der Waals surface area contributed by atoms with Gasteiger partial charge in [-0.1, -0.05) is 0 Å². The molecule has 0 spiro atoms. The van der Waals surface area contributed by atoms with E-state index in [1.54, 1.807) is 0 Å². The third-order valence-electron chi connectivity index (χ3n) is 0. The van der Waals surface area contributed by atoms with Crippen molar-refractivity contribution in [3.63, 3.8) is 0 Å². The van der Waals surface area contributed by atoms with Crippen molar-refractivity contribution >= 4 is 53.7 Å². The summed E-state index contributed by atoms with van der Waals surface area (Å²) in [5.41, 5.74) is 0. The van der Waals surface area contributed by atoms with Gasteiger partial charge in [0.1, 0.15) is 0 Å². The Kier molecular flexibility index (Phi) is 183. The van der Waals surface area contributed by atoms with E-state index in [2.05, 4.69) is 0 Å². The van der Waals surface area contributed by atoms with E-state index < -0.39 is 53.7 Å². The van der Waals surface area contributed by atoms with Crippen molar-refractivity contribution in [2.24, 2.45) is 0 Å². The van der Waals surface area contributed by atoms with Gasteiger partial charge in [-0.3, -0.25) is 43.2 Å². The number of carboxylic acid groups (broad SMARTS) is 9. The molecule has 0 aromatic carbocycles. The molecule has 0 rings (SSSR count). The second kappa shape index (κ2) is 83.5. The molecule has 0 saturated heterocycles. The Balaban J connectivity index is -0.0000000102. The van der Waals surface area contributed by atoms with Gasteiger partial charge in [0.2, 0.25) is 0 Å². The molecule has 0 heterocycles. The quantitative estimate of drug-likeness (QED) is 0.109. The summed E-state index contributed by atoms with van der Waals surface area (Å²) in [5.74, 6) is -7.50. The molecule has 23 heteroatoms. The van der Waals surface area contributed by atoms with Crippen molar-refractivity contribution < 1.29 is 244 Å². The van der Waals surface area contributed by atoms with Crippen molar-refractivity contribution in [3.8, 4) is 0 Å². The Labute approximate surface area is 355 Å². The van der Waals surface area contributed by atoms with Gasteiger partial charge in [-0.2, -0.15) is 0 Å². The third-order valence-corrected chi connectivity index (χ3v) is 0. The molecule has 0 amide bonds. The topological polar surface area (TPSA) is 336 Å². The molecule has 0 radical (unpaired) electrons. The number of carboxylic acids is 9. The average Bonchev–Trinajstić information content (AvgIpc) is 2.39. The van der Waals surface area contributed by atoms with Gasteiger partial charge < -0.3 is 53.1 Å². The molecule has 0 aromatic heterocycles. The van der Waals surface area contributed by atoms with E-state index in [0.29, 0.717) is 0 Å². The monoisotopic (exact) mass is 660 g/mol. The fourth-order valence-electron chi connectivity index (χ4n) is 0. The van der Waals surface area contributed by atoms with Crippen LogP contribution in [0.3, 0.4) is 0 Å². The van der Waals surface area contributed by atoms with E-state index in [1.807, 2.05) is 0 Å². The van der Waals surface area contributed by atoms with Crippen molar-refractivity contribution in [2.45, 2.75) is 62.3 Å². The zero-order chi connectivity index (χ0) is 32.2. The molecule has 0 aromatic rings. The van der Waals surface area contributed by atoms with Crippen LogP contribution in [-0.4, -0.2) is 99.7 Å². The predicted molar refractivity (Wildman–Crippen MR) is 125 cm³/mol. The molecule has 0 atom stereocenters. The molecule has 0 fully saturated rings. The van der Waals surface area contributed by atoms with E-state index in [1.165, 1.54) is 0 Å². The molecule has 0 aliphatic heterocycles. The van der Waals surface area contributed by atoms with Crippen molar-refractivity contribution in [1.29, 1.82) is 0 Å². The van der Waals surface area contributed by atoms with Crippen molar-refractivity contribution in [3.05, 3.63) is 0 Å². The largest absolute Gasteiger partial charge is 1.00 e. The third kappa shape index (κ3) is 1110000. The minimum absolute atomic E-state index is 0. The SMILES string of the molecule is CC(=O)O.CC(=O)O.CC(=O)O.CC(=O)O.CC(=O)O.CC(=O)O.CC(=O)O.CC(=O)O.CC(=O)O.[H-].[H-].[H-].[H-].[H-].[Na+].[Na+].[Na+].[Na+].[Na+]. The van der Waals surface area contributed by atoms with Crippen LogP contribution in [0.25, 0.3) is 0 Å². The maximum Gasteiger partial charge on any atom is 1.00 e. The van der Waals surface area contributed by atoms with E-state index in [0.717, 1.165) is 62.3 Å². The van der Waals surface area contributed by atoms with E-state index in [9.17, 15) is 0 Å². The van der Waals surface area contributed by atoms with Gasteiger partial charge in [-0.15, -0.1) is 0 Å². The molecule has 0 aliphatic carbocycles. The Hall–Kier alpha value is 0.230. The Morgan fingerprint density at radius 2 is 0.244 bits per heavy atom. The van der Waals surface area contributed by atoms with Crippen LogP contribution < -0.4 is 148 Å². The summed E-state index contributed by atoms with van der Waals surface area (Å²) in [7, 11) is 0. The van der Waals surface area contributed by atoms with Gasteiger partial charge in [0.05, 0.1) is 0 Å². The van der Waals surface area contributed by atoms with Crippen LogP contribution >= 0.6 is 0 Å². The Bertz CT molecular complexity index is 459. The Morgan fingerprint density at radius 3 is 0.244 bits per heavy atom. The number of rotatable bonds is 0. The number of carbonyl (C=O) groups is 9. The summed E-state index contributed by atoms with van der Waals surface area (Å²) in [5, 5.41) is 66.7. The molecule has 0 bridgehead atoms. The van der Waals surface area contributed by atoms with E-state index in [-0.39, 0.29) is 155 Å². The van der Waals surface area contributed by atoms with Crippen LogP contribution in [0.15, 0.2) is 0 Å². The normalized spacial score (nSPS) is 5.49. The molecule has 0 saturated carbocycles. The zero-order valence-electron chi connectivity index (χ0n) is 31.2. The number of hydrogen-bond acceptors (Lipinski definition) is 9. The maximum atomic E-state index is 9.00. The smallest absolute Gasteiger partial charge is 1.00 e. The average molecular weight is 660 g/mol. The van der Waals surface area contributed by atoms with Gasteiger partial charge in [0.25, 0.3) is 53.7 Å². The molecule has 18 nitrogen and oxygen atoms in total. The van der Waals surface area contributed by atoms with Crippen LogP contribution in [0.2, 0.25) is 0 Å². The fourth-order valence-corrected chi connectivity index (χ4v) is 0. The summed E-state index contributed by atoms with van der Waals surface area (Å²) >= 11 is 0. The van der Waals surface area contributed by atoms with Crippen LogP contribution in [0.4, 0.5) is 0 Å². The number of aliphatic carboxylic acids is 9.